The third-order valence-corrected chi connectivity index (χ3v) is 5.18. The van der Waals surface area contributed by atoms with Crippen molar-refractivity contribution in [2.45, 2.75) is 27.5 Å². The number of sulfonamides is 1. The molecule has 0 radical (unpaired) electrons. The normalized spacial score (nSPS) is 11.7. The average Bonchev–Trinajstić information content (AvgIpc) is 2.78. The minimum atomic E-state index is -3.82. The number of primary sulfonamides is 1. The van der Waals surface area contributed by atoms with Gasteiger partial charge in [-0.05, 0) is 29.7 Å². The van der Waals surface area contributed by atoms with Gasteiger partial charge in [0.2, 0.25) is 10.0 Å². The molecule has 0 aliphatic carbocycles. The Bertz CT molecular complexity index is 697. The number of nitrogens with two attached hydrogens (primary N) is 2. The van der Waals surface area contributed by atoms with Crippen molar-refractivity contribution in [3.05, 3.63) is 24.0 Å². The molecule has 0 aliphatic rings. The summed E-state index contributed by atoms with van der Waals surface area (Å²) in [5.74, 6) is 0.736. The van der Waals surface area contributed by atoms with E-state index in [0.717, 1.165) is 12.2 Å². The molecule has 0 saturated carbocycles. The molecule has 2 rings (SSSR count). The third-order valence-electron chi connectivity index (χ3n) is 2.24. The molecule has 0 amide bonds. The fourth-order valence-corrected chi connectivity index (χ4v) is 4.14. The van der Waals surface area contributed by atoms with E-state index in [0.29, 0.717) is 14.9 Å². The number of hydrogen-bond donors (Lipinski definition) is 2. The Balaban J connectivity index is 2.40. The second-order valence-corrected chi connectivity index (χ2v) is 7.25. The number of aryl methyl sites for hydroxylation is 1. The van der Waals surface area contributed by atoms with Crippen molar-refractivity contribution in [3.63, 3.8) is 0 Å². The molecule has 9 heteroatoms. The van der Waals surface area contributed by atoms with E-state index in [1.807, 2.05) is 6.92 Å². The molecule has 0 aliphatic heterocycles. The molecular formula is C10H12N4O2S3. The quantitative estimate of drug-likeness (QED) is 0.826. The van der Waals surface area contributed by atoms with Gasteiger partial charge in [0.25, 0.3) is 0 Å². The van der Waals surface area contributed by atoms with Gasteiger partial charge in [0, 0.05) is 17.0 Å². The van der Waals surface area contributed by atoms with Gasteiger partial charge >= 0.3 is 0 Å². The molecule has 2 aromatic rings. The van der Waals surface area contributed by atoms with Gasteiger partial charge in [0.05, 0.1) is 4.90 Å². The summed E-state index contributed by atoms with van der Waals surface area (Å²) in [6.45, 7) is 1.95. The Kier molecular flexibility index (Phi) is 4.09. The van der Waals surface area contributed by atoms with E-state index in [-0.39, 0.29) is 4.90 Å². The van der Waals surface area contributed by atoms with Gasteiger partial charge in [-0.3, -0.25) is 0 Å². The molecule has 0 atom stereocenters. The molecule has 1 aromatic carbocycles. The monoisotopic (exact) mass is 316 g/mol. The van der Waals surface area contributed by atoms with Gasteiger partial charge in [-0.1, -0.05) is 18.7 Å². The van der Waals surface area contributed by atoms with Crippen LogP contribution in [0.1, 0.15) is 12.7 Å². The molecule has 1 heterocycles. The van der Waals surface area contributed by atoms with Crippen molar-refractivity contribution >= 4 is 39.0 Å². The SMILES string of the molecule is CCc1nsc(Sc2ccc(N)cc2S(N)(=O)=O)n1. The second kappa shape index (κ2) is 5.45. The summed E-state index contributed by atoms with van der Waals surface area (Å²) >= 11 is 2.44. The maximum atomic E-state index is 11.5. The highest BCUT2D eigenvalue weighted by atomic mass is 32.2. The van der Waals surface area contributed by atoms with Crippen LogP contribution in [0.4, 0.5) is 5.69 Å². The van der Waals surface area contributed by atoms with Crippen LogP contribution in [0.15, 0.2) is 32.3 Å². The first kappa shape index (κ1) is 14.3. The zero-order chi connectivity index (χ0) is 14.0. The summed E-state index contributed by atoms with van der Waals surface area (Å²) in [5.41, 5.74) is 5.94. The number of hydrogen-bond acceptors (Lipinski definition) is 7. The van der Waals surface area contributed by atoms with Crippen LogP contribution >= 0.6 is 23.3 Å². The standard InChI is InChI=1S/C10H12N4O2S3/c1-2-9-13-10(18-14-9)17-7-4-3-6(11)5-8(7)19(12,15)16/h3-5H,2,11H2,1H3,(H2,12,15,16). The Labute approximate surface area is 119 Å². The van der Waals surface area contributed by atoms with Crippen molar-refractivity contribution in [1.29, 1.82) is 0 Å². The zero-order valence-electron chi connectivity index (χ0n) is 10.0. The first-order chi connectivity index (χ1) is 8.90. The Morgan fingerprint density at radius 2 is 2.16 bits per heavy atom. The summed E-state index contributed by atoms with van der Waals surface area (Å²) in [6, 6.07) is 4.59. The Morgan fingerprint density at radius 1 is 1.42 bits per heavy atom. The van der Waals surface area contributed by atoms with Crippen LogP contribution in [-0.4, -0.2) is 17.8 Å². The van der Waals surface area contributed by atoms with E-state index in [2.05, 4.69) is 9.36 Å². The Morgan fingerprint density at radius 3 is 2.74 bits per heavy atom. The third kappa shape index (κ3) is 3.44. The molecule has 6 nitrogen and oxygen atoms in total. The molecule has 0 fully saturated rings. The number of nitrogens with zero attached hydrogens (tertiary/aromatic N) is 2. The van der Waals surface area contributed by atoms with E-state index >= 15 is 0 Å². The number of rotatable bonds is 4. The smallest absolute Gasteiger partial charge is 0.239 e. The zero-order valence-corrected chi connectivity index (χ0v) is 12.5. The van der Waals surface area contributed by atoms with E-state index in [4.69, 9.17) is 10.9 Å². The summed E-state index contributed by atoms with van der Waals surface area (Å²) in [4.78, 5) is 4.77. The average molecular weight is 316 g/mol. The highest BCUT2D eigenvalue weighted by Gasteiger charge is 2.16. The first-order valence-electron chi connectivity index (χ1n) is 5.33. The van der Waals surface area contributed by atoms with Crippen LogP contribution < -0.4 is 10.9 Å². The van der Waals surface area contributed by atoms with E-state index in [9.17, 15) is 8.42 Å². The van der Waals surface area contributed by atoms with Gasteiger partial charge in [-0.2, -0.15) is 4.37 Å². The highest BCUT2D eigenvalue weighted by Crippen LogP contribution is 2.34. The highest BCUT2D eigenvalue weighted by molar-refractivity contribution is 8.01. The van der Waals surface area contributed by atoms with E-state index in [1.165, 1.54) is 29.4 Å². The van der Waals surface area contributed by atoms with Crippen molar-refractivity contribution in [2.24, 2.45) is 5.14 Å². The van der Waals surface area contributed by atoms with Crippen molar-refractivity contribution < 1.29 is 8.42 Å². The van der Waals surface area contributed by atoms with Crippen molar-refractivity contribution in [3.8, 4) is 0 Å². The maximum absolute atomic E-state index is 11.5. The maximum Gasteiger partial charge on any atom is 0.239 e. The predicted octanol–water partition coefficient (Wildman–Crippen LogP) is 1.48. The number of benzene rings is 1. The van der Waals surface area contributed by atoms with Crippen molar-refractivity contribution in [2.75, 3.05) is 5.73 Å². The van der Waals surface area contributed by atoms with Crippen LogP contribution in [0, 0.1) is 0 Å². The van der Waals surface area contributed by atoms with Gasteiger partial charge in [0.15, 0.2) is 4.34 Å². The van der Waals surface area contributed by atoms with Gasteiger partial charge in [-0.25, -0.2) is 18.5 Å². The summed E-state index contributed by atoms with van der Waals surface area (Å²) in [6.07, 6.45) is 0.737. The van der Waals surface area contributed by atoms with Crippen LogP contribution in [0.3, 0.4) is 0 Å². The molecule has 0 bridgehead atoms. The molecule has 0 saturated heterocycles. The number of anilines is 1. The Hall–Kier alpha value is -1.16. The molecule has 19 heavy (non-hydrogen) atoms. The van der Waals surface area contributed by atoms with Crippen LogP contribution in [0.5, 0.6) is 0 Å². The van der Waals surface area contributed by atoms with Gasteiger partial charge in [0.1, 0.15) is 5.82 Å². The minimum Gasteiger partial charge on any atom is -0.399 e. The predicted molar refractivity (Wildman–Crippen MR) is 75.6 cm³/mol. The minimum absolute atomic E-state index is 0.00532. The molecular weight excluding hydrogens is 304 g/mol. The lowest BCUT2D eigenvalue weighted by Crippen LogP contribution is -2.13. The van der Waals surface area contributed by atoms with E-state index in [1.54, 1.807) is 12.1 Å². The van der Waals surface area contributed by atoms with Gasteiger partial charge < -0.3 is 5.73 Å². The lowest BCUT2D eigenvalue weighted by Gasteiger charge is -2.06. The largest absolute Gasteiger partial charge is 0.399 e. The summed E-state index contributed by atoms with van der Waals surface area (Å²) < 4.78 is 27.9. The second-order valence-electron chi connectivity index (χ2n) is 3.68. The van der Waals surface area contributed by atoms with Crippen LogP contribution in [0.25, 0.3) is 0 Å². The number of nitrogen functional groups attached to an aromatic ring is 1. The fraction of sp³-hybridized carbons (Fsp3) is 0.200. The molecule has 0 unspecified atom stereocenters. The van der Waals surface area contributed by atoms with Crippen LogP contribution in [0.2, 0.25) is 0 Å². The summed E-state index contributed by atoms with van der Waals surface area (Å²) in [7, 11) is -3.82. The molecule has 102 valence electrons. The molecule has 4 N–H and O–H groups in total. The summed E-state index contributed by atoms with van der Waals surface area (Å²) in [5, 5.41) is 5.18. The fourth-order valence-electron chi connectivity index (χ4n) is 1.35. The van der Waals surface area contributed by atoms with E-state index < -0.39 is 10.0 Å². The molecule has 0 spiro atoms. The van der Waals surface area contributed by atoms with Crippen molar-refractivity contribution in [1.82, 2.24) is 9.36 Å². The number of aromatic nitrogens is 2. The van der Waals surface area contributed by atoms with Gasteiger partial charge in [-0.15, -0.1) is 0 Å². The van der Waals surface area contributed by atoms with Crippen LogP contribution in [-0.2, 0) is 16.4 Å². The lowest BCUT2D eigenvalue weighted by molar-refractivity contribution is 0.596. The molecule has 1 aromatic heterocycles. The first-order valence-corrected chi connectivity index (χ1v) is 8.46. The topological polar surface area (TPSA) is 112 Å². The lowest BCUT2D eigenvalue weighted by atomic mass is 10.3.